The molecule has 7 nitrogen and oxygen atoms in total. The molecular formula is C18H26N6O. The van der Waals surface area contributed by atoms with Crippen molar-refractivity contribution in [2.45, 2.75) is 39.7 Å². The minimum Gasteiger partial charge on any atom is -0.338 e. The third-order valence-corrected chi connectivity index (χ3v) is 4.68. The number of piperazine rings is 1. The number of aromatic amines is 1. The van der Waals surface area contributed by atoms with Gasteiger partial charge in [0.1, 0.15) is 5.82 Å². The summed E-state index contributed by atoms with van der Waals surface area (Å²) in [6.07, 6.45) is 1.84. The number of hydrogen-bond acceptors (Lipinski definition) is 6. The Bertz CT molecular complexity index is 779. The maximum atomic E-state index is 11.7. The molecule has 0 radical (unpaired) electrons. The standard InChI is InChI=1S/C18H26N6O/c1-12(2)15-5-6-19-18(21-15)24-9-7-23(8-10-24)14(4)17-20-13(3)11-16(25)22-17/h5-6,11-12,14H,7-10H2,1-4H3,(H,20,22,25)/t14-/m1/s1. The highest BCUT2D eigenvalue weighted by Gasteiger charge is 2.25. The van der Waals surface area contributed by atoms with Crippen molar-refractivity contribution in [2.75, 3.05) is 31.1 Å². The molecule has 3 heterocycles. The van der Waals surface area contributed by atoms with Crippen molar-refractivity contribution in [3.05, 3.63) is 45.9 Å². The van der Waals surface area contributed by atoms with Gasteiger partial charge in [-0.3, -0.25) is 9.69 Å². The first-order valence-electron chi connectivity index (χ1n) is 8.84. The number of H-pyrrole nitrogens is 1. The van der Waals surface area contributed by atoms with Crippen molar-refractivity contribution in [1.29, 1.82) is 0 Å². The van der Waals surface area contributed by atoms with E-state index in [9.17, 15) is 4.79 Å². The zero-order chi connectivity index (χ0) is 18.0. The molecule has 0 amide bonds. The lowest BCUT2D eigenvalue weighted by atomic mass is 10.1. The highest BCUT2D eigenvalue weighted by molar-refractivity contribution is 5.31. The maximum absolute atomic E-state index is 11.7. The number of nitrogens with one attached hydrogen (secondary N) is 1. The van der Waals surface area contributed by atoms with E-state index in [-0.39, 0.29) is 11.6 Å². The van der Waals surface area contributed by atoms with Crippen molar-refractivity contribution in [1.82, 2.24) is 24.8 Å². The average Bonchev–Trinajstić information content (AvgIpc) is 2.60. The first-order valence-corrected chi connectivity index (χ1v) is 8.84. The fraction of sp³-hybridized carbons (Fsp3) is 0.556. The second kappa shape index (κ2) is 7.31. The Morgan fingerprint density at radius 2 is 1.84 bits per heavy atom. The van der Waals surface area contributed by atoms with Gasteiger partial charge in [0.2, 0.25) is 5.95 Å². The summed E-state index contributed by atoms with van der Waals surface area (Å²) in [4.78, 5) is 32.7. The molecule has 1 atom stereocenters. The summed E-state index contributed by atoms with van der Waals surface area (Å²) in [5.41, 5.74) is 1.73. The van der Waals surface area contributed by atoms with E-state index in [4.69, 9.17) is 0 Å². The largest absolute Gasteiger partial charge is 0.338 e. The van der Waals surface area contributed by atoms with Gasteiger partial charge < -0.3 is 9.88 Å². The number of hydrogen-bond donors (Lipinski definition) is 1. The normalized spacial score (nSPS) is 17.1. The lowest BCUT2D eigenvalue weighted by molar-refractivity contribution is 0.190. The number of anilines is 1. The minimum absolute atomic E-state index is 0.0812. The maximum Gasteiger partial charge on any atom is 0.251 e. The molecule has 0 bridgehead atoms. The second-order valence-electron chi connectivity index (χ2n) is 6.91. The van der Waals surface area contributed by atoms with E-state index in [2.05, 4.69) is 50.5 Å². The quantitative estimate of drug-likeness (QED) is 0.914. The summed E-state index contributed by atoms with van der Waals surface area (Å²) in [5, 5.41) is 0. The molecule has 0 aliphatic carbocycles. The zero-order valence-electron chi connectivity index (χ0n) is 15.4. The molecule has 0 unspecified atom stereocenters. The fourth-order valence-electron chi connectivity index (χ4n) is 3.12. The highest BCUT2D eigenvalue weighted by Crippen LogP contribution is 2.20. The monoisotopic (exact) mass is 342 g/mol. The third kappa shape index (κ3) is 4.04. The van der Waals surface area contributed by atoms with Crippen molar-refractivity contribution in [3.63, 3.8) is 0 Å². The van der Waals surface area contributed by atoms with E-state index in [0.29, 0.717) is 5.92 Å². The molecule has 134 valence electrons. The van der Waals surface area contributed by atoms with Crippen molar-refractivity contribution in [3.8, 4) is 0 Å². The molecule has 0 aromatic carbocycles. The summed E-state index contributed by atoms with van der Waals surface area (Å²) in [7, 11) is 0. The molecule has 0 spiro atoms. The average molecular weight is 342 g/mol. The van der Waals surface area contributed by atoms with Gasteiger partial charge in [0.15, 0.2) is 0 Å². The van der Waals surface area contributed by atoms with Crippen LogP contribution in [0.25, 0.3) is 0 Å². The van der Waals surface area contributed by atoms with E-state index in [1.807, 2.05) is 19.2 Å². The fourth-order valence-corrected chi connectivity index (χ4v) is 3.12. The van der Waals surface area contributed by atoms with E-state index >= 15 is 0 Å². The zero-order valence-corrected chi connectivity index (χ0v) is 15.4. The number of rotatable bonds is 4. The second-order valence-corrected chi connectivity index (χ2v) is 6.91. The Morgan fingerprint density at radius 1 is 1.12 bits per heavy atom. The van der Waals surface area contributed by atoms with E-state index in [1.165, 1.54) is 6.07 Å². The van der Waals surface area contributed by atoms with Crippen molar-refractivity contribution < 1.29 is 0 Å². The molecule has 25 heavy (non-hydrogen) atoms. The third-order valence-electron chi connectivity index (χ3n) is 4.68. The molecule has 2 aromatic rings. The van der Waals surface area contributed by atoms with Gasteiger partial charge in [-0.15, -0.1) is 0 Å². The Hall–Kier alpha value is -2.28. The lowest BCUT2D eigenvalue weighted by Crippen LogP contribution is -2.48. The lowest BCUT2D eigenvalue weighted by Gasteiger charge is -2.37. The molecule has 1 saturated heterocycles. The minimum atomic E-state index is -0.0908. The van der Waals surface area contributed by atoms with Crippen LogP contribution in [-0.4, -0.2) is 51.0 Å². The van der Waals surface area contributed by atoms with Gasteiger partial charge in [-0.05, 0) is 25.8 Å². The molecule has 0 saturated carbocycles. The highest BCUT2D eigenvalue weighted by atomic mass is 16.1. The Kier molecular flexibility index (Phi) is 5.13. The van der Waals surface area contributed by atoms with E-state index in [0.717, 1.165) is 49.3 Å². The van der Waals surface area contributed by atoms with Crippen LogP contribution in [0.5, 0.6) is 0 Å². The van der Waals surface area contributed by atoms with Crippen LogP contribution in [0.4, 0.5) is 5.95 Å². The van der Waals surface area contributed by atoms with Gasteiger partial charge in [-0.2, -0.15) is 0 Å². The van der Waals surface area contributed by atoms with Crippen LogP contribution in [0.2, 0.25) is 0 Å². The number of aromatic nitrogens is 4. The smallest absolute Gasteiger partial charge is 0.251 e. The molecule has 7 heteroatoms. The molecule has 1 fully saturated rings. The number of nitrogens with zero attached hydrogens (tertiary/aromatic N) is 5. The molecule has 1 N–H and O–H groups in total. The van der Waals surface area contributed by atoms with Crippen molar-refractivity contribution >= 4 is 5.95 Å². The van der Waals surface area contributed by atoms with E-state index < -0.39 is 0 Å². The summed E-state index contributed by atoms with van der Waals surface area (Å²) < 4.78 is 0. The molecular weight excluding hydrogens is 316 g/mol. The summed E-state index contributed by atoms with van der Waals surface area (Å²) in [6.45, 7) is 11.7. The van der Waals surface area contributed by atoms with Crippen LogP contribution in [0.15, 0.2) is 23.1 Å². The SMILES string of the molecule is Cc1cc(=O)[nH]c([C@@H](C)N2CCN(c3nccc(C(C)C)n3)CC2)n1. The molecule has 2 aromatic heterocycles. The first kappa shape index (κ1) is 17.5. The predicted octanol–water partition coefficient (Wildman–Crippen LogP) is 1.87. The Morgan fingerprint density at radius 3 is 2.48 bits per heavy atom. The van der Waals surface area contributed by atoms with Gasteiger partial charge in [-0.25, -0.2) is 15.0 Å². The van der Waals surface area contributed by atoms with Crippen LogP contribution in [0, 0.1) is 6.92 Å². The van der Waals surface area contributed by atoms with Crippen LogP contribution in [-0.2, 0) is 0 Å². The predicted molar refractivity (Wildman–Crippen MR) is 97.9 cm³/mol. The molecule has 3 rings (SSSR count). The van der Waals surface area contributed by atoms with Crippen LogP contribution in [0.1, 0.15) is 49.9 Å². The number of aryl methyl sites for hydroxylation is 1. The first-order chi connectivity index (χ1) is 11.9. The van der Waals surface area contributed by atoms with Gasteiger partial charge in [0, 0.05) is 49.8 Å². The van der Waals surface area contributed by atoms with Gasteiger partial charge in [0.25, 0.3) is 5.56 Å². The van der Waals surface area contributed by atoms with Gasteiger partial charge in [-0.1, -0.05) is 13.8 Å². The van der Waals surface area contributed by atoms with Crippen molar-refractivity contribution in [2.24, 2.45) is 0 Å². The van der Waals surface area contributed by atoms with Gasteiger partial charge >= 0.3 is 0 Å². The Balaban J connectivity index is 1.67. The van der Waals surface area contributed by atoms with Crippen LogP contribution < -0.4 is 10.5 Å². The topological polar surface area (TPSA) is 78.0 Å². The Labute approximate surface area is 148 Å². The molecule has 1 aliphatic rings. The van der Waals surface area contributed by atoms with Gasteiger partial charge in [0.05, 0.1) is 6.04 Å². The molecule has 1 aliphatic heterocycles. The summed E-state index contributed by atoms with van der Waals surface area (Å²) >= 11 is 0. The summed E-state index contributed by atoms with van der Waals surface area (Å²) in [5.74, 6) is 1.93. The van der Waals surface area contributed by atoms with Crippen LogP contribution in [0.3, 0.4) is 0 Å². The summed E-state index contributed by atoms with van der Waals surface area (Å²) in [6, 6.07) is 3.58. The van der Waals surface area contributed by atoms with E-state index in [1.54, 1.807) is 0 Å². The van der Waals surface area contributed by atoms with Crippen LogP contribution >= 0.6 is 0 Å².